The highest BCUT2D eigenvalue weighted by molar-refractivity contribution is 9.09. The first-order chi connectivity index (χ1) is 7.22. The maximum atomic E-state index is 11.2. The molecule has 0 spiro atoms. The van der Waals surface area contributed by atoms with Crippen LogP contribution >= 0.6 is 15.9 Å². The molecule has 0 heterocycles. The predicted molar refractivity (Wildman–Crippen MR) is 59.7 cm³/mol. The summed E-state index contributed by atoms with van der Waals surface area (Å²) in [5.41, 5.74) is 1.30. The van der Waals surface area contributed by atoms with Gasteiger partial charge in [0.15, 0.2) is 0 Å². The molecule has 3 nitrogen and oxygen atoms in total. The average Bonchev–Trinajstić information content (AvgIpc) is 2.29. The summed E-state index contributed by atoms with van der Waals surface area (Å²) in [7, 11) is 0. The molecular weight excluding hydrogens is 260 g/mol. The van der Waals surface area contributed by atoms with Crippen LogP contribution < -0.4 is 0 Å². The van der Waals surface area contributed by atoms with Gasteiger partial charge < -0.3 is 0 Å². The standard InChI is InChI=1S/C11H9BrO3/c12-5-10(15)4-11-8(6-13)2-1-3-9(11)7-14/h1-3,6-7H,4-5H2. The number of benzene rings is 1. The van der Waals surface area contributed by atoms with E-state index >= 15 is 0 Å². The average molecular weight is 269 g/mol. The van der Waals surface area contributed by atoms with Gasteiger partial charge in [-0.15, -0.1) is 0 Å². The van der Waals surface area contributed by atoms with Crippen molar-refractivity contribution >= 4 is 34.3 Å². The third-order valence-corrected chi connectivity index (χ3v) is 2.65. The van der Waals surface area contributed by atoms with Gasteiger partial charge in [0, 0.05) is 17.5 Å². The summed E-state index contributed by atoms with van der Waals surface area (Å²) in [5, 5.41) is 0.221. The molecule has 78 valence electrons. The number of rotatable bonds is 5. The minimum atomic E-state index is -0.0626. The molecule has 1 rings (SSSR count). The molecule has 1 aromatic carbocycles. The van der Waals surface area contributed by atoms with E-state index in [1.54, 1.807) is 18.2 Å². The van der Waals surface area contributed by atoms with Gasteiger partial charge in [0.1, 0.15) is 18.4 Å². The summed E-state index contributed by atoms with van der Waals surface area (Å²) in [6.07, 6.45) is 1.42. The molecule has 15 heavy (non-hydrogen) atoms. The quantitative estimate of drug-likeness (QED) is 0.605. The van der Waals surface area contributed by atoms with Gasteiger partial charge in [0.2, 0.25) is 0 Å². The first-order valence-corrected chi connectivity index (χ1v) is 5.45. The van der Waals surface area contributed by atoms with Crippen LogP contribution in [0.25, 0.3) is 0 Å². The smallest absolute Gasteiger partial charge is 0.150 e. The van der Waals surface area contributed by atoms with Gasteiger partial charge in [0.05, 0.1) is 5.33 Å². The van der Waals surface area contributed by atoms with Crippen molar-refractivity contribution in [3.8, 4) is 0 Å². The zero-order valence-corrected chi connectivity index (χ0v) is 9.49. The minimum absolute atomic E-state index is 0.0626. The van der Waals surface area contributed by atoms with Crippen molar-refractivity contribution in [1.29, 1.82) is 0 Å². The van der Waals surface area contributed by atoms with E-state index in [-0.39, 0.29) is 17.5 Å². The molecule has 1 aromatic rings. The van der Waals surface area contributed by atoms with Crippen LogP contribution in [-0.4, -0.2) is 23.7 Å². The Bertz CT molecular complexity index is 373. The van der Waals surface area contributed by atoms with E-state index in [1.165, 1.54) is 0 Å². The third-order valence-electron chi connectivity index (χ3n) is 2.03. The largest absolute Gasteiger partial charge is 0.298 e. The second kappa shape index (κ2) is 5.56. The van der Waals surface area contributed by atoms with Crippen molar-refractivity contribution in [2.24, 2.45) is 0 Å². The SMILES string of the molecule is O=Cc1cccc(C=O)c1CC(=O)CBr. The van der Waals surface area contributed by atoms with Crippen molar-refractivity contribution in [1.82, 2.24) is 0 Å². The minimum Gasteiger partial charge on any atom is -0.298 e. The van der Waals surface area contributed by atoms with E-state index in [0.29, 0.717) is 29.3 Å². The van der Waals surface area contributed by atoms with Gasteiger partial charge in [-0.1, -0.05) is 34.1 Å². The monoisotopic (exact) mass is 268 g/mol. The lowest BCUT2D eigenvalue weighted by molar-refractivity contribution is -0.115. The van der Waals surface area contributed by atoms with Crippen LogP contribution in [0.3, 0.4) is 0 Å². The highest BCUT2D eigenvalue weighted by Crippen LogP contribution is 2.13. The summed E-state index contributed by atoms with van der Waals surface area (Å²) in [6, 6.07) is 4.81. The maximum Gasteiger partial charge on any atom is 0.150 e. The molecule has 0 N–H and O–H groups in total. The van der Waals surface area contributed by atoms with Crippen LogP contribution in [0, 0.1) is 0 Å². The summed E-state index contributed by atoms with van der Waals surface area (Å²) >= 11 is 3.04. The number of aldehydes is 2. The molecular formula is C11H9BrO3. The molecule has 0 radical (unpaired) electrons. The molecule has 0 aliphatic carbocycles. The number of Topliss-reactive ketones (excluding diaryl/α,β-unsaturated/α-hetero) is 1. The number of carbonyl (C=O) groups excluding carboxylic acids is 3. The van der Waals surface area contributed by atoms with Crippen molar-refractivity contribution in [3.63, 3.8) is 0 Å². The van der Waals surface area contributed by atoms with E-state index in [1.807, 2.05) is 0 Å². The Labute approximate surface area is 95.6 Å². The second-order valence-electron chi connectivity index (χ2n) is 3.00. The Morgan fingerprint density at radius 3 is 2.13 bits per heavy atom. The van der Waals surface area contributed by atoms with E-state index in [2.05, 4.69) is 15.9 Å². The number of ketones is 1. The molecule has 0 bridgehead atoms. The zero-order valence-electron chi connectivity index (χ0n) is 7.90. The topological polar surface area (TPSA) is 51.2 Å². The van der Waals surface area contributed by atoms with E-state index in [9.17, 15) is 14.4 Å². The Hall–Kier alpha value is -1.29. The van der Waals surface area contributed by atoms with Crippen molar-refractivity contribution in [2.75, 3.05) is 5.33 Å². The number of halogens is 1. The maximum absolute atomic E-state index is 11.2. The summed E-state index contributed by atoms with van der Waals surface area (Å²) < 4.78 is 0. The lowest BCUT2D eigenvalue weighted by atomic mass is 9.98. The van der Waals surface area contributed by atoms with Crippen LogP contribution in [0.15, 0.2) is 18.2 Å². The lowest BCUT2D eigenvalue weighted by Crippen LogP contribution is -2.08. The van der Waals surface area contributed by atoms with Gasteiger partial charge in [0.25, 0.3) is 0 Å². The zero-order chi connectivity index (χ0) is 11.3. The molecule has 0 aromatic heterocycles. The molecule has 0 aliphatic heterocycles. The lowest BCUT2D eigenvalue weighted by Gasteiger charge is -2.05. The first-order valence-electron chi connectivity index (χ1n) is 4.32. The van der Waals surface area contributed by atoms with Gasteiger partial charge in [-0.25, -0.2) is 0 Å². The van der Waals surface area contributed by atoms with E-state index in [4.69, 9.17) is 0 Å². The molecule has 0 amide bonds. The van der Waals surface area contributed by atoms with Gasteiger partial charge in [-0.05, 0) is 5.56 Å². The highest BCUT2D eigenvalue weighted by Gasteiger charge is 2.10. The summed E-state index contributed by atoms with van der Waals surface area (Å²) in [4.78, 5) is 32.7. The van der Waals surface area contributed by atoms with Crippen molar-refractivity contribution in [2.45, 2.75) is 6.42 Å². The van der Waals surface area contributed by atoms with Crippen LogP contribution in [0.5, 0.6) is 0 Å². The second-order valence-corrected chi connectivity index (χ2v) is 3.56. The summed E-state index contributed by atoms with van der Waals surface area (Å²) in [5.74, 6) is -0.0626. The molecule has 0 unspecified atom stereocenters. The Kier molecular flexibility index (Phi) is 4.37. The van der Waals surface area contributed by atoms with E-state index in [0.717, 1.165) is 0 Å². The highest BCUT2D eigenvalue weighted by atomic mass is 79.9. The molecule has 0 atom stereocenters. The van der Waals surface area contributed by atoms with Crippen molar-refractivity contribution in [3.05, 3.63) is 34.9 Å². The van der Waals surface area contributed by atoms with Crippen LogP contribution in [0.2, 0.25) is 0 Å². The van der Waals surface area contributed by atoms with Crippen LogP contribution in [0.1, 0.15) is 26.3 Å². The van der Waals surface area contributed by atoms with E-state index < -0.39 is 0 Å². The van der Waals surface area contributed by atoms with Crippen molar-refractivity contribution < 1.29 is 14.4 Å². The van der Waals surface area contributed by atoms with Gasteiger partial charge in [-0.3, -0.25) is 14.4 Å². The number of carbonyl (C=O) groups is 3. The first kappa shape index (κ1) is 11.8. The Morgan fingerprint density at radius 2 is 1.73 bits per heavy atom. The fourth-order valence-corrected chi connectivity index (χ4v) is 1.49. The Morgan fingerprint density at radius 1 is 1.20 bits per heavy atom. The third kappa shape index (κ3) is 2.83. The summed E-state index contributed by atoms with van der Waals surface area (Å²) in [6.45, 7) is 0. The van der Waals surface area contributed by atoms with Crippen LogP contribution in [-0.2, 0) is 11.2 Å². The van der Waals surface area contributed by atoms with Crippen LogP contribution in [0.4, 0.5) is 0 Å². The fraction of sp³-hybridized carbons (Fsp3) is 0.182. The molecule has 4 heteroatoms. The number of hydrogen-bond acceptors (Lipinski definition) is 3. The number of alkyl halides is 1. The Balaban J connectivity index is 3.16. The molecule has 0 aliphatic rings. The van der Waals surface area contributed by atoms with Gasteiger partial charge in [-0.2, -0.15) is 0 Å². The normalized spacial score (nSPS) is 9.67. The fourth-order valence-electron chi connectivity index (χ4n) is 1.29. The molecule has 0 saturated heterocycles. The molecule has 0 fully saturated rings. The number of hydrogen-bond donors (Lipinski definition) is 0. The predicted octanol–water partition coefficient (Wildman–Crippen LogP) is 1.82. The van der Waals surface area contributed by atoms with Gasteiger partial charge >= 0.3 is 0 Å². The molecule has 0 saturated carbocycles.